The number of aliphatic hydroxyl groups excluding tert-OH is 3. The minimum atomic E-state index is -0.859. The van der Waals surface area contributed by atoms with Crippen LogP contribution in [0.2, 0.25) is 0 Å². The monoisotopic (exact) mass is 448 g/mol. The van der Waals surface area contributed by atoms with Crippen LogP contribution >= 0.6 is 0 Å². The molecule has 5 heteroatoms. The summed E-state index contributed by atoms with van der Waals surface area (Å²) < 4.78 is 11.3. The molecule has 2 aromatic carbocycles. The van der Waals surface area contributed by atoms with Gasteiger partial charge in [0.1, 0.15) is 18.1 Å². The van der Waals surface area contributed by atoms with E-state index in [2.05, 4.69) is 6.58 Å². The number of rotatable bonds is 13. The first-order valence-corrected chi connectivity index (χ1v) is 11.2. The minimum Gasteiger partial charge on any atom is -0.459 e. The van der Waals surface area contributed by atoms with Crippen LogP contribution in [0.1, 0.15) is 35.5 Å². The van der Waals surface area contributed by atoms with E-state index < -0.39 is 18.1 Å². The maximum atomic E-state index is 10.8. The van der Waals surface area contributed by atoms with Gasteiger partial charge in [-0.25, -0.2) is 0 Å². The first kappa shape index (κ1) is 24.7. The lowest BCUT2D eigenvalue weighted by Crippen LogP contribution is -2.33. The molecule has 0 bridgehead atoms. The second kappa shape index (κ2) is 12.9. The summed E-state index contributed by atoms with van der Waals surface area (Å²) >= 11 is 0. The van der Waals surface area contributed by atoms with Crippen molar-refractivity contribution in [1.82, 2.24) is 0 Å². The molecule has 1 aromatic heterocycles. The van der Waals surface area contributed by atoms with E-state index in [1.807, 2.05) is 72.8 Å². The number of hydrogen-bond donors (Lipinski definition) is 3. The zero-order chi connectivity index (χ0) is 23.5. The van der Waals surface area contributed by atoms with Gasteiger partial charge in [-0.2, -0.15) is 0 Å². The fourth-order valence-corrected chi connectivity index (χ4v) is 3.73. The number of allylic oxidation sites excluding steroid dienone is 1. The summed E-state index contributed by atoms with van der Waals surface area (Å²) in [7, 11) is 0. The van der Waals surface area contributed by atoms with E-state index in [9.17, 15) is 15.3 Å². The van der Waals surface area contributed by atoms with Crippen molar-refractivity contribution in [2.75, 3.05) is 6.61 Å². The molecule has 5 nitrogen and oxygen atoms in total. The standard InChI is InChI=1S/C28H32O5/c1-2-26(28(31)20-32-19-21-9-5-3-6-10-21)27(30)16-13-23(22-11-7-4-8-12-22)17-24-14-15-25(18-29)33-24/h2-12,14-15,17,26-31H,1,13,16,18-20H2/b23-17-/t26-,27-,28-/m1/s1. The summed E-state index contributed by atoms with van der Waals surface area (Å²) in [4.78, 5) is 0. The fraction of sp³-hybridized carbons (Fsp3) is 0.286. The van der Waals surface area contributed by atoms with E-state index in [-0.39, 0.29) is 13.2 Å². The van der Waals surface area contributed by atoms with E-state index >= 15 is 0 Å². The Kier molecular flexibility index (Phi) is 9.66. The molecule has 0 fully saturated rings. The predicted molar refractivity (Wildman–Crippen MR) is 130 cm³/mol. The van der Waals surface area contributed by atoms with Gasteiger partial charge in [0.25, 0.3) is 0 Å². The van der Waals surface area contributed by atoms with Crippen molar-refractivity contribution >= 4 is 11.6 Å². The van der Waals surface area contributed by atoms with Crippen LogP contribution in [-0.2, 0) is 18.0 Å². The van der Waals surface area contributed by atoms with E-state index in [4.69, 9.17) is 9.15 Å². The van der Waals surface area contributed by atoms with Gasteiger partial charge >= 0.3 is 0 Å². The Morgan fingerprint density at radius 1 is 0.939 bits per heavy atom. The normalized spacial score (nSPS) is 14.6. The molecule has 3 atom stereocenters. The summed E-state index contributed by atoms with van der Waals surface area (Å²) in [6, 6.07) is 23.2. The Hall–Kier alpha value is -2.96. The molecule has 0 aliphatic heterocycles. The quantitative estimate of drug-likeness (QED) is 0.326. The summed E-state index contributed by atoms with van der Waals surface area (Å²) in [5.74, 6) is 0.628. The van der Waals surface area contributed by atoms with Gasteiger partial charge in [-0.3, -0.25) is 0 Å². The molecule has 0 saturated heterocycles. The van der Waals surface area contributed by atoms with Gasteiger partial charge in [-0.1, -0.05) is 66.7 Å². The average molecular weight is 449 g/mol. The molecular formula is C28H32O5. The molecule has 0 radical (unpaired) electrons. The van der Waals surface area contributed by atoms with Crippen molar-refractivity contribution < 1.29 is 24.5 Å². The van der Waals surface area contributed by atoms with Gasteiger partial charge in [0.05, 0.1) is 25.4 Å². The van der Waals surface area contributed by atoms with Crippen LogP contribution in [-0.4, -0.2) is 34.1 Å². The molecule has 3 rings (SSSR count). The maximum Gasteiger partial charge on any atom is 0.130 e. The van der Waals surface area contributed by atoms with E-state index in [1.54, 1.807) is 12.1 Å². The molecule has 1 heterocycles. The maximum absolute atomic E-state index is 10.8. The van der Waals surface area contributed by atoms with Gasteiger partial charge in [0, 0.05) is 5.92 Å². The van der Waals surface area contributed by atoms with Gasteiger partial charge in [-0.05, 0) is 47.8 Å². The van der Waals surface area contributed by atoms with E-state index in [1.165, 1.54) is 0 Å². The smallest absolute Gasteiger partial charge is 0.130 e. The third-order valence-electron chi connectivity index (χ3n) is 5.57. The van der Waals surface area contributed by atoms with Gasteiger partial charge in [-0.15, -0.1) is 6.58 Å². The Labute approximate surface area is 195 Å². The van der Waals surface area contributed by atoms with Crippen molar-refractivity contribution in [2.45, 2.75) is 38.3 Å². The number of aliphatic hydroxyl groups is 3. The third kappa shape index (κ3) is 7.55. The lowest BCUT2D eigenvalue weighted by atomic mass is 9.90. The molecule has 0 saturated carbocycles. The predicted octanol–water partition coefficient (Wildman–Crippen LogP) is 4.83. The van der Waals surface area contributed by atoms with Crippen LogP contribution in [0.3, 0.4) is 0 Å². The number of furan rings is 1. The third-order valence-corrected chi connectivity index (χ3v) is 5.57. The Morgan fingerprint density at radius 3 is 2.27 bits per heavy atom. The van der Waals surface area contributed by atoms with Gasteiger partial charge < -0.3 is 24.5 Å². The van der Waals surface area contributed by atoms with E-state index in [0.29, 0.717) is 31.0 Å². The van der Waals surface area contributed by atoms with Crippen LogP contribution in [0.5, 0.6) is 0 Å². The summed E-state index contributed by atoms with van der Waals surface area (Å²) in [6.45, 7) is 4.16. The van der Waals surface area contributed by atoms with Crippen molar-refractivity contribution in [3.05, 3.63) is 108 Å². The molecular weight excluding hydrogens is 416 g/mol. The zero-order valence-corrected chi connectivity index (χ0v) is 18.7. The summed E-state index contributed by atoms with van der Waals surface area (Å²) in [6.07, 6.45) is 2.87. The molecule has 0 aliphatic carbocycles. The van der Waals surface area contributed by atoms with Crippen LogP contribution in [0.25, 0.3) is 11.6 Å². The lowest BCUT2D eigenvalue weighted by molar-refractivity contribution is -0.0270. The van der Waals surface area contributed by atoms with Gasteiger partial charge in [0.15, 0.2) is 0 Å². The molecule has 174 valence electrons. The van der Waals surface area contributed by atoms with Crippen molar-refractivity contribution in [1.29, 1.82) is 0 Å². The molecule has 3 N–H and O–H groups in total. The van der Waals surface area contributed by atoms with Crippen molar-refractivity contribution in [3.63, 3.8) is 0 Å². The van der Waals surface area contributed by atoms with Gasteiger partial charge in [0.2, 0.25) is 0 Å². The molecule has 0 spiro atoms. The highest BCUT2D eigenvalue weighted by atomic mass is 16.5. The SMILES string of the molecule is C=C[C@H]([C@H](O)CC/C(=C/c1ccc(CO)o1)c1ccccc1)[C@H](O)COCc1ccccc1. The first-order chi connectivity index (χ1) is 16.1. The summed E-state index contributed by atoms with van der Waals surface area (Å²) in [5.41, 5.74) is 3.04. The largest absolute Gasteiger partial charge is 0.459 e. The Balaban J connectivity index is 1.61. The van der Waals surface area contributed by atoms with Crippen LogP contribution in [0.15, 0.2) is 89.9 Å². The van der Waals surface area contributed by atoms with E-state index in [0.717, 1.165) is 16.7 Å². The number of benzene rings is 2. The highest BCUT2D eigenvalue weighted by Crippen LogP contribution is 2.27. The minimum absolute atomic E-state index is 0.111. The first-order valence-electron chi connectivity index (χ1n) is 11.2. The highest BCUT2D eigenvalue weighted by molar-refractivity contribution is 5.80. The molecule has 0 aliphatic rings. The summed E-state index contributed by atoms with van der Waals surface area (Å²) in [5, 5.41) is 30.7. The van der Waals surface area contributed by atoms with Crippen molar-refractivity contribution in [2.24, 2.45) is 5.92 Å². The van der Waals surface area contributed by atoms with Crippen molar-refractivity contribution in [3.8, 4) is 0 Å². The molecule has 0 amide bonds. The Morgan fingerprint density at radius 2 is 1.64 bits per heavy atom. The topological polar surface area (TPSA) is 83.1 Å². The number of hydrogen-bond acceptors (Lipinski definition) is 5. The molecule has 33 heavy (non-hydrogen) atoms. The molecule has 3 aromatic rings. The zero-order valence-electron chi connectivity index (χ0n) is 18.7. The van der Waals surface area contributed by atoms with Crippen LogP contribution in [0.4, 0.5) is 0 Å². The molecule has 0 unspecified atom stereocenters. The van der Waals surface area contributed by atoms with Crippen LogP contribution < -0.4 is 0 Å². The second-order valence-corrected chi connectivity index (χ2v) is 7.98. The highest BCUT2D eigenvalue weighted by Gasteiger charge is 2.24. The fourth-order valence-electron chi connectivity index (χ4n) is 3.73. The Bertz CT molecular complexity index is 993. The second-order valence-electron chi connectivity index (χ2n) is 7.98. The van der Waals surface area contributed by atoms with Crippen LogP contribution in [0, 0.1) is 5.92 Å². The average Bonchev–Trinajstić information content (AvgIpc) is 3.31. The number of ether oxygens (including phenoxy) is 1. The lowest BCUT2D eigenvalue weighted by Gasteiger charge is -2.25.